The van der Waals surface area contributed by atoms with Crippen LogP contribution in [-0.2, 0) is 0 Å². The van der Waals surface area contributed by atoms with Crippen LogP contribution in [-0.4, -0.2) is 28.6 Å². The van der Waals surface area contributed by atoms with Gasteiger partial charge in [0, 0.05) is 18.8 Å². The van der Waals surface area contributed by atoms with Gasteiger partial charge in [0.15, 0.2) is 5.82 Å². The van der Waals surface area contributed by atoms with Gasteiger partial charge in [0.25, 0.3) is 0 Å². The summed E-state index contributed by atoms with van der Waals surface area (Å²) in [6.07, 6.45) is 6.24. The van der Waals surface area contributed by atoms with Crippen LogP contribution in [0.1, 0.15) is 49.9 Å². The third-order valence-electron chi connectivity index (χ3n) is 3.80. The maximum atomic E-state index is 11.2. The van der Waals surface area contributed by atoms with Gasteiger partial charge in [-0.15, -0.1) is 0 Å². The molecule has 0 unspecified atom stereocenters. The van der Waals surface area contributed by atoms with Gasteiger partial charge in [-0.05, 0) is 24.8 Å². The summed E-state index contributed by atoms with van der Waals surface area (Å²) >= 11 is 0. The highest BCUT2D eigenvalue weighted by Crippen LogP contribution is 2.32. The monoisotopic (exact) mass is 277 g/mol. The number of nitrogens with two attached hydrogens (primary N) is 1. The molecular weight excluding hydrogens is 254 g/mol. The number of anilines is 2. The Morgan fingerprint density at radius 1 is 1.50 bits per heavy atom. The molecule has 0 aromatic carbocycles. The molecule has 0 saturated heterocycles. The molecule has 0 atom stereocenters. The summed E-state index contributed by atoms with van der Waals surface area (Å²) < 4.78 is 0. The van der Waals surface area contributed by atoms with Crippen LogP contribution in [0.25, 0.3) is 0 Å². The van der Waals surface area contributed by atoms with Crippen molar-refractivity contribution in [3.63, 3.8) is 0 Å². The van der Waals surface area contributed by atoms with E-state index in [0.717, 1.165) is 19.4 Å². The lowest BCUT2D eigenvalue weighted by Gasteiger charge is -2.32. The van der Waals surface area contributed by atoms with Crippen LogP contribution in [0.15, 0.2) is 12.3 Å². The molecular formula is C15H23N3O2. The largest absolute Gasteiger partial charge is 0.478 e. The molecule has 0 aliphatic heterocycles. The Balaban J connectivity index is 2.37. The number of aromatic carboxylic acids is 1. The van der Waals surface area contributed by atoms with Gasteiger partial charge < -0.3 is 15.7 Å². The van der Waals surface area contributed by atoms with E-state index in [1.54, 1.807) is 0 Å². The molecule has 20 heavy (non-hydrogen) atoms. The second-order valence-corrected chi connectivity index (χ2v) is 5.89. The van der Waals surface area contributed by atoms with Crippen molar-refractivity contribution in [2.75, 3.05) is 17.2 Å². The van der Waals surface area contributed by atoms with Crippen molar-refractivity contribution >= 4 is 17.5 Å². The molecule has 2 rings (SSSR count). The molecule has 1 saturated carbocycles. The molecule has 1 fully saturated rings. The fourth-order valence-electron chi connectivity index (χ4n) is 2.90. The Kier molecular flexibility index (Phi) is 4.47. The van der Waals surface area contributed by atoms with Crippen LogP contribution in [0, 0.1) is 5.92 Å². The quantitative estimate of drug-likeness (QED) is 0.865. The second-order valence-electron chi connectivity index (χ2n) is 5.89. The predicted molar refractivity (Wildman–Crippen MR) is 80.0 cm³/mol. The molecule has 1 aromatic rings. The molecule has 1 aromatic heterocycles. The zero-order chi connectivity index (χ0) is 14.7. The van der Waals surface area contributed by atoms with Crippen molar-refractivity contribution in [1.82, 2.24) is 4.98 Å². The molecule has 0 amide bonds. The van der Waals surface area contributed by atoms with Gasteiger partial charge in [-0.2, -0.15) is 0 Å². The number of carboxylic acid groups (broad SMARTS) is 1. The second kappa shape index (κ2) is 6.11. The summed E-state index contributed by atoms with van der Waals surface area (Å²) in [5.74, 6) is 0.109. The molecule has 1 aliphatic carbocycles. The molecule has 0 radical (unpaired) electrons. The maximum Gasteiger partial charge on any atom is 0.337 e. The molecule has 0 bridgehead atoms. The minimum absolute atomic E-state index is 0.141. The summed E-state index contributed by atoms with van der Waals surface area (Å²) in [6.45, 7) is 5.16. The minimum Gasteiger partial charge on any atom is -0.478 e. The number of nitrogen functional groups attached to an aromatic ring is 1. The number of nitrogens with zero attached hydrogens (tertiary/aromatic N) is 2. The lowest BCUT2D eigenvalue weighted by atomic mass is 10.1. The van der Waals surface area contributed by atoms with E-state index >= 15 is 0 Å². The van der Waals surface area contributed by atoms with Gasteiger partial charge in [-0.3, -0.25) is 0 Å². The Bertz CT molecular complexity index is 482. The van der Waals surface area contributed by atoms with E-state index < -0.39 is 5.97 Å². The molecule has 0 spiro atoms. The third kappa shape index (κ3) is 3.03. The van der Waals surface area contributed by atoms with Crippen molar-refractivity contribution in [3.05, 3.63) is 17.8 Å². The highest BCUT2D eigenvalue weighted by molar-refractivity contribution is 5.96. The summed E-state index contributed by atoms with van der Waals surface area (Å²) in [5.41, 5.74) is 6.47. The van der Waals surface area contributed by atoms with Crippen LogP contribution in [0.4, 0.5) is 11.5 Å². The van der Waals surface area contributed by atoms with E-state index in [0.29, 0.717) is 17.8 Å². The van der Waals surface area contributed by atoms with Gasteiger partial charge in [0.05, 0.1) is 11.3 Å². The lowest BCUT2D eigenvalue weighted by molar-refractivity contribution is 0.0698. The number of carbonyl (C=O) groups is 1. The lowest BCUT2D eigenvalue weighted by Crippen LogP contribution is -2.37. The van der Waals surface area contributed by atoms with E-state index in [9.17, 15) is 9.90 Å². The average Bonchev–Trinajstić information content (AvgIpc) is 2.89. The molecule has 110 valence electrons. The highest BCUT2D eigenvalue weighted by atomic mass is 16.4. The van der Waals surface area contributed by atoms with E-state index in [4.69, 9.17) is 5.73 Å². The molecule has 1 heterocycles. The van der Waals surface area contributed by atoms with Gasteiger partial charge in [0.2, 0.25) is 0 Å². The Labute approximate surface area is 119 Å². The Morgan fingerprint density at radius 2 is 2.15 bits per heavy atom. The molecule has 3 N–H and O–H groups in total. The van der Waals surface area contributed by atoms with Crippen molar-refractivity contribution in [3.8, 4) is 0 Å². The minimum atomic E-state index is -0.998. The number of carboxylic acids is 1. The summed E-state index contributed by atoms with van der Waals surface area (Å²) in [4.78, 5) is 17.8. The predicted octanol–water partition coefficient (Wildman–Crippen LogP) is 2.77. The average molecular weight is 277 g/mol. The van der Waals surface area contributed by atoms with Crippen LogP contribution < -0.4 is 10.6 Å². The summed E-state index contributed by atoms with van der Waals surface area (Å²) in [7, 11) is 0. The first kappa shape index (κ1) is 14.6. The number of aromatic nitrogens is 1. The normalized spacial score (nSPS) is 15.8. The summed E-state index contributed by atoms with van der Waals surface area (Å²) in [5, 5.41) is 9.19. The zero-order valence-corrected chi connectivity index (χ0v) is 12.2. The first-order valence-electron chi connectivity index (χ1n) is 7.25. The smallest absolute Gasteiger partial charge is 0.337 e. The van der Waals surface area contributed by atoms with Crippen LogP contribution in [0.3, 0.4) is 0 Å². The van der Waals surface area contributed by atoms with Gasteiger partial charge in [0.1, 0.15) is 0 Å². The molecule has 1 aliphatic rings. The SMILES string of the molecule is CC(C)CN(c1nccc(C(=O)O)c1N)C1CCCC1. The van der Waals surface area contributed by atoms with Crippen LogP contribution in [0.2, 0.25) is 0 Å². The Morgan fingerprint density at radius 3 is 2.70 bits per heavy atom. The molecule has 5 heteroatoms. The van der Waals surface area contributed by atoms with Crippen LogP contribution >= 0.6 is 0 Å². The van der Waals surface area contributed by atoms with E-state index in [1.165, 1.54) is 25.1 Å². The maximum absolute atomic E-state index is 11.2. The zero-order valence-electron chi connectivity index (χ0n) is 12.2. The first-order chi connectivity index (χ1) is 9.50. The van der Waals surface area contributed by atoms with Crippen molar-refractivity contribution in [2.45, 2.75) is 45.6 Å². The number of rotatable bonds is 5. The summed E-state index contributed by atoms with van der Waals surface area (Å²) in [6, 6.07) is 1.89. The highest BCUT2D eigenvalue weighted by Gasteiger charge is 2.27. The van der Waals surface area contributed by atoms with Crippen molar-refractivity contribution in [1.29, 1.82) is 0 Å². The fraction of sp³-hybridized carbons (Fsp3) is 0.600. The number of hydrogen-bond acceptors (Lipinski definition) is 4. The van der Waals surface area contributed by atoms with Gasteiger partial charge in [-0.1, -0.05) is 26.7 Å². The van der Waals surface area contributed by atoms with Gasteiger partial charge in [-0.25, -0.2) is 9.78 Å². The number of hydrogen-bond donors (Lipinski definition) is 2. The third-order valence-corrected chi connectivity index (χ3v) is 3.80. The standard InChI is InChI=1S/C15H23N3O2/c1-10(2)9-18(11-5-3-4-6-11)14-13(16)12(15(19)20)7-8-17-14/h7-8,10-11H,3-6,9,16H2,1-2H3,(H,19,20). The molecule has 5 nitrogen and oxygen atoms in total. The van der Waals surface area contributed by atoms with E-state index in [1.807, 2.05) is 0 Å². The number of pyridine rings is 1. The van der Waals surface area contributed by atoms with Crippen molar-refractivity contribution < 1.29 is 9.90 Å². The van der Waals surface area contributed by atoms with E-state index in [-0.39, 0.29) is 11.3 Å². The van der Waals surface area contributed by atoms with Crippen molar-refractivity contribution in [2.24, 2.45) is 5.92 Å². The van der Waals surface area contributed by atoms with E-state index in [2.05, 4.69) is 23.7 Å². The Hall–Kier alpha value is -1.78. The van der Waals surface area contributed by atoms with Crippen LogP contribution in [0.5, 0.6) is 0 Å². The topological polar surface area (TPSA) is 79.5 Å². The van der Waals surface area contributed by atoms with Gasteiger partial charge >= 0.3 is 5.97 Å². The fourth-order valence-corrected chi connectivity index (χ4v) is 2.90. The first-order valence-corrected chi connectivity index (χ1v) is 7.25.